The molecule has 1 aromatic carbocycles. The predicted molar refractivity (Wildman–Crippen MR) is 50.4 cm³/mol. The third kappa shape index (κ3) is 2.53. The number of carboxylic acid groups (broad SMARTS) is 1. The summed E-state index contributed by atoms with van der Waals surface area (Å²) < 4.78 is 13.2. The van der Waals surface area contributed by atoms with Crippen LogP contribution in [-0.4, -0.2) is 17.6 Å². The van der Waals surface area contributed by atoms with Gasteiger partial charge in [-0.3, -0.25) is 4.79 Å². The number of carboxylic acids is 1. The van der Waals surface area contributed by atoms with E-state index in [0.29, 0.717) is 5.56 Å². The quantitative estimate of drug-likeness (QED) is 0.765. The molecule has 1 unspecified atom stereocenters. The normalized spacial score (nSPS) is 12.4. The average Bonchev–Trinajstić information content (AvgIpc) is 2.15. The van der Waals surface area contributed by atoms with E-state index in [1.807, 2.05) is 0 Å². The largest absolute Gasteiger partial charge is 0.481 e. The van der Waals surface area contributed by atoms with Gasteiger partial charge in [-0.25, -0.2) is 4.39 Å². The SMILES string of the molecule is NCC(CC(=O)O)c1ccccc1F. The van der Waals surface area contributed by atoms with Gasteiger partial charge in [-0.05, 0) is 18.2 Å². The van der Waals surface area contributed by atoms with Crippen molar-refractivity contribution in [3.8, 4) is 0 Å². The van der Waals surface area contributed by atoms with Crippen molar-refractivity contribution in [1.29, 1.82) is 0 Å². The molecule has 0 spiro atoms. The number of halogens is 1. The molecule has 1 aromatic rings. The highest BCUT2D eigenvalue weighted by atomic mass is 19.1. The van der Waals surface area contributed by atoms with Gasteiger partial charge in [-0.2, -0.15) is 0 Å². The number of hydrogen-bond acceptors (Lipinski definition) is 2. The zero-order chi connectivity index (χ0) is 10.6. The second-order valence-electron chi connectivity index (χ2n) is 3.05. The molecule has 3 N–H and O–H groups in total. The van der Waals surface area contributed by atoms with Crippen molar-refractivity contribution in [2.24, 2.45) is 5.73 Å². The highest BCUT2D eigenvalue weighted by Crippen LogP contribution is 2.21. The van der Waals surface area contributed by atoms with Gasteiger partial charge < -0.3 is 10.8 Å². The molecule has 0 amide bonds. The highest BCUT2D eigenvalue weighted by Gasteiger charge is 2.16. The van der Waals surface area contributed by atoms with E-state index >= 15 is 0 Å². The average molecular weight is 197 g/mol. The second-order valence-corrected chi connectivity index (χ2v) is 3.05. The maximum absolute atomic E-state index is 13.2. The van der Waals surface area contributed by atoms with Crippen molar-refractivity contribution in [2.45, 2.75) is 12.3 Å². The van der Waals surface area contributed by atoms with Crippen molar-refractivity contribution < 1.29 is 14.3 Å². The summed E-state index contributed by atoms with van der Waals surface area (Å²) in [7, 11) is 0. The van der Waals surface area contributed by atoms with Gasteiger partial charge in [-0.1, -0.05) is 18.2 Å². The fraction of sp³-hybridized carbons (Fsp3) is 0.300. The van der Waals surface area contributed by atoms with Crippen LogP contribution in [-0.2, 0) is 4.79 Å². The lowest BCUT2D eigenvalue weighted by atomic mass is 9.95. The predicted octanol–water partition coefficient (Wildman–Crippen LogP) is 1.34. The monoisotopic (exact) mass is 197 g/mol. The minimum absolute atomic E-state index is 0.132. The van der Waals surface area contributed by atoms with Crippen LogP contribution in [0.2, 0.25) is 0 Å². The van der Waals surface area contributed by atoms with Gasteiger partial charge in [0.05, 0.1) is 6.42 Å². The molecule has 0 aliphatic heterocycles. The first-order valence-electron chi connectivity index (χ1n) is 4.31. The third-order valence-corrected chi connectivity index (χ3v) is 2.05. The molecule has 0 heterocycles. The molecule has 0 radical (unpaired) electrons. The zero-order valence-corrected chi connectivity index (χ0v) is 7.61. The molecule has 0 aliphatic carbocycles. The number of benzene rings is 1. The van der Waals surface area contributed by atoms with E-state index in [2.05, 4.69) is 0 Å². The lowest BCUT2D eigenvalue weighted by Gasteiger charge is -2.12. The van der Waals surface area contributed by atoms with E-state index in [1.54, 1.807) is 18.2 Å². The Labute approximate surface area is 81.4 Å². The summed E-state index contributed by atoms with van der Waals surface area (Å²) in [6.45, 7) is 0.132. The number of nitrogens with two attached hydrogens (primary N) is 1. The lowest BCUT2D eigenvalue weighted by molar-refractivity contribution is -0.137. The summed E-state index contributed by atoms with van der Waals surface area (Å²) in [5.74, 6) is -1.82. The number of hydrogen-bond donors (Lipinski definition) is 2. The van der Waals surface area contributed by atoms with E-state index in [9.17, 15) is 9.18 Å². The Kier molecular flexibility index (Phi) is 3.59. The van der Waals surface area contributed by atoms with E-state index in [1.165, 1.54) is 6.07 Å². The molecule has 0 saturated heterocycles. The van der Waals surface area contributed by atoms with Gasteiger partial charge in [0.25, 0.3) is 0 Å². The van der Waals surface area contributed by atoms with Crippen LogP contribution < -0.4 is 5.73 Å². The topological polar surface area (TPSA) is 63.3 Å². The van der Waals surface area contributed by atoms with Crippen LogP contribution in [0.1, 0.15) is 17.9 Å². The molecule has 1 rings (SSSR count). The zero-order valence-electron chi connectivity index (χ0n) is 7.61. The Morgan fingerprint density at radius 2 is 2.14 bits per heavy atom. The fourth-order valence-corrected chi connectivity index (χ4v) is 1.34. The Hall–Kier alpha value is -1.42. The minimum Gasteiger partial charge on any atom is -0.481 e. The molecule has 0 saturated carbocycles. The first-order valence-corrected chi connectivity index (χ1v) is 4.31. The van der Waals surface area contributed by atoms with Crippen molar-refractivity contribution >= 4 is 5.97 Å². The molecule has 0 bridgehead atoms. The van der Waals surface area contributed by atoms with Gasteiger partial charge in [0.1, 0.15) is 5.82 Å². The first-order chi connectivity index (χ1) is 6.65. The number of carbonyl (C=O) groups is 1. The molecule has 3 nitrogen and oxygen atoms in total. The number of rotatable bonds is 4. The van der Waals surface area contributed by atoms with Crippen molar-refractivity contribution in [3.05, 3.63) is 35.6 Å². The molecule has 0 aliphatic rings. The summed E-state index contributed by atoms with van der Waals surface area (Å²) in [4.78, 5) is 10.5. The fourth-order valence-electron chi connectivity index (χ4n) is 1.34. The van der Waals surface area contributed by atoms with Crippen LogP contribution in [0.5, 0.6) is 0 Å². The molecule has 76 valence electrons. The van der Waals surface area contributed by atoms with E-state index < -0.39 is 17.7 Å². The Morgan fingerprint density at radius 3 is 2.64 bits per heavy atom. The van der Waals surface area contributed by atoms with Crippen molar-refractivity contribution in [1.82, 2.24) is 0 Å². The molecule has 0 fully saturated rings. The van der Waals surface area contributed by atoms with E-state index in [0.717, 1.165) is 0 Å². The number of aliphatic carboxylic acids is 1. The van der Waals surface area contributed by atoms with Crippen LogP contribution in [0.4, 0.5) is 4.39 Å². The van der Waals surface area contributed by atoms with Gasteiger partial charge >= 0.3 is 5.97 Å². The summed E-state index contributed by atoms with van der Waals surface area (Å²) in [6, 6.07) is 6.10. The maximum Gasteiger partial charge on any atom is 0.304 e. The molecule has 14 heavy (non-hydrogen) atoms. The maximum atomic E-state index is 13.2. The summed E-state index contributed by atoms with van der Waals surface area (Å²) in [5, 5.41) is 8.59. The van der Waals surface area contributed by atoms with E-state index in [-0.39, 0.29) is 13.0 Å². The Morgan fingerprint density at radius 1 is 1.50 bits per heavy atom. The lowest BCUT2D eigenvalue weighted by Crippen LogP contribution is -2.17. The Bertz CT molecular complexity index is 328. The van der Waals surface area contributed by atoms with Gasteiger partial charge in [-0.15, -0.1) is 0 Å². The van der Waals surface area contributed by atoms with Crippen LogP contribution in [0.25, 0.3) is 0 Å². The molecular formula is C10H12FNO2. The van der Waals surface area contributed by atoms with Crippen LogP contribution in [0, 0.1) is 5.82 Å². The van der Waals surface area contributed by atoms with Crippen LogP contribution in [0.3, 0.4) is 0 Å². The molecule has 1 atom stereocenters. The van der Waals surface area contributed by atoms with Gasteiger partial charge in [0, 0.05) is 5.92 Å². The van der Waals surface area contributed by atoms with Crippen molar-refractivity contribution in [2.75, 3.05) is 6.54 Å². The van der Waals surface area contributed by atoms with Gasteiger partial charge in [0.15, 0.2) is 0 Å². The van der Waals surface area contributed by atoms with Crippen LogP contribution >= 0.6 is 0 Å². The summed E-state index contributed by atoms with van der Waals surface area (Å²) in [5.41, 5.74) is 5.76. The summed E-state index contributed by atoms with van der Waals surface area (Å²) in [6.07, 6.45) is -0.141. The van der Waals surface area contributed by atoms with Crippen molar-refractivity contribution in [3.63, 3.8) is 0 Å². The van der Waals surface area contributed by atoms with Gasteiger partial charge in [0.2, 0.25) is 0 Å². The summed E-state index contributed by atoms with van der Waals surface area (Å²) >= 11 is 0. The first kappa shape index (κ1) is 10.7. The minimum atomic E-state index is -0.969. The molecule has 4 heteroatoms. The standard InChI is InChI=1S/C10H12FNO2/c11-9-4-2-1-3-8(9)7(6-12)5-10(13)14/h1-4,7H,5-6,12H2,(H,13,14). The smallest absolute Gasteiger partial charge is 0.304 e. The highest BCUT2D eigenvalue weighted by molar-refractivity contribution is 5.68. The van der Waals surface area contributed by atoms with E-state index in [4.69, 9.17) is 10.8 Å². The third-order valence-electron chi connectivity index (χ3n) is 2.05. The van der Waals surface area contributed by atoms with Crippen LogP contribution in [0.15, 0.2) is 24.3 Å². The Balaban J connectivity index is 2.89. The molecule has 0 aromatic heterocycles. The second kappa shape index (κ2) is 4.72. The molecular weight excluding hydrogens is 185 g/mol.